The third-order valence-electron chi connectivity index (χ3n) is 5.08. The molecular formula is C19H26F6N4O4S2. The monoisotopic (exact) mass is 552 g/mol. The van der Waals surface area contributed by atoms with Crippen LogP contribution in [0, 0.1) is 11.8 Å². The maximum atomic E-state index is 13.4. The second kappa shape index (κ2) is 13.1. The van der Waals surface area contributed by atoms with Crippen LogP contribution in [0.2, 0.25) is 0 Å². The summed E-state index contributed by atoms with van der Waals surface area (Å²) >= 11 is 1.34. The number of nitrogens with zero attached hydrogens (tertiary/aromatic N) is 3. The number of aliphatic carboxylic acids is 1. The van der Waals surface area contributed by atoms with Gasteiger partial charge in [-0.25, -0.2) is 18.4 Å². The lowest BCUT2D eigenvalue weighted by Gasteiger charge is -2.39. The van der Waals surface area contributed by atoms with Crippen molar-refractivity contribution in [3.8, 4) is 5.88 Å². The summed E-state index contributed by atoms with van der Waals surface area (Å²) in [5.41, 5.74) is 6.46. The van der Waals surface area contributed by atoms with Crippen LogP contribution in [0.3, 0.4) is 0 Å². The first-order chi connectivity index (χ1) is 16.3. The Labute approximate surface area is 204 Å². The molecule has 1 aromatic heterocycles. The maximum absolute atomic E-state index is 13.4. The van der Waals surface area contributed by atoms with Crippen molar-refractivity contribution in [1.82, 2.24) is 13.6 Å². The molecule has 2 saturated heterocycles. The van der Waals surface area contributed by atoms with Gasteiger partial charge < -0.3 is 15.6 Å². The van der Waals surface area contributed by atoms with Gasteiger partial charge in [-0.15, -0.1) is 0 Å². The third kappa shape index (κ3) is 10.5. The highest BCUT2D eigenvalue weighted by atomic mass is 32.2. The molecule has 0 aromatic carbocycles. The number of halogens is 6. The Balaban J connectivity index is 0.000000540. The second-order valence-corrected chi connectivity index (χ2v) is 10.8. The van der Waals surface area contributed by atoms with Gasteiger partial charge in [0, 0.05) is 85.3 Å². The van der Waals surface area contributed by atoms with Crippen LogP contribution in [-0.4, -0.2) is 85.5 Å². The highest BCUT2D eigenvalue weighted by Crippen LogP contribution is 2.38. The van der Waals surface area contributed by atoms with Gasteiger partial charge in [-0.1, -0.05) is 0 Å². The van der Waals surface area contributed by atoms with Gasteiger partial charge in [0.05, 0.1) is 12.5 Å². The number of hydrogen-bond donors (Lipinski definition) is 2. The number of nitrogens with two attached hydrogens (primary N) is 1. The average Bonchev–Trinajstić information content (AvgIpc) is 2.78. The van der Waals surface area contributed by atoms with E-state index in [-0.39, 0.29) is 25.5 Å². The SMILES string of the molecule is NCc1ccnc(OCC2CC(C(F)(F)F)CN(SN3CCS(=O)CC3)C2)c1.O=C(O)C(F)(F)F. The fourth-order valence-electron chi connectivity index (χ4n) is 3.31. The summed E-state index contributed by atoms with van der Waals surface area (Å²) < 4.78 is 92.9. The number of pyridine rings is 1. The van der Waals surface area contributed by atoms with Crippen LogP contribution in [0.5, 0.6) is 5.88 Å². The van der Waals surface area contributed by atoms with Gasteiger partial charge >= 0.3 is 18.3 Å². The minimum Gasteiger partial charge on any atom is -0.477 e. The summed E-state index contributed by atoms with van der Waals surface area (Å²) in [6.07, 6.45) is -7.70. The van der Waals surface area contributed by atoms with Crippen LogP contribution in [0.1, 0.15) is 12.0 Å². The van der Waals surface area contributed by atoms with Gasteiger partial charge in [0.25, 0.3) is 0 Å². The lowest BCUT2D eigenvalue weighted by molar-refractivity contribution is -0.192. The Kier molecular flexibility index (Phi) is 11.1. The summed E-state index contributed by atoms with van der Waals surface area (Å²) in [4.78, 5) is 13.0. The zero-order valence-corrected chi connectivity index (χ0v) is 20.1. The Morgan fingerprint density at radius 2 is 1.83 bits per heavy atom. The summed E-state index contributed by atoms with van der Waals surface area (Å²) in [5, 5.41) is 7.12. The van der Waals surface area contributed by atoms with E-state index in [1.54, 1.807) is 22.6 Å². The molecule has 2 aliphatic rings. The number of carboxylic acids is 1. The van der Waals surface area contributed by atoms with Crippen molar-refractivity contribution in [2.45, 2.75) is 25.3 Å². The molecule has 2 atom stereocenters. The first-order valence-corrected chi connectivity index (χ1v) is 12.7. The predicted octanol–water partition coefficient (Wildman–Crippen LogP) is 2.68. The predicted molar refractivity (Wildman–Crippen MR) is 118 cm³/mol. The topological polar surface area (TPSA) is 109 Å². The fourth-order valence-corrected chi connectivity index (χ4v) is 5.79. The Hall–Kier alpha value is -1.62. The molecule has 1 aromatic rings. The van der Waals surface area contributed by atoms with E-state index in [1.807, 2.05) is 4.31 Å². The Bertz CT molecular complexity index is 851. The molecule has 3 heterocycles. The zero-order chi connectivity index (χ0) is 26.2. The number of rotatable bonds is 6. The molecule has 8 nitrogen and oxygen atoms in total. The van der Waals surface area contributed by atoms with Crippen molar-refractivity contribution in [1.29, 1.82) is 0 Å². The molecule has 200 valence electrons. The van der Waals surface area contributed by atoms with Crippen LogP contribution in [0.25, 0.3) is 0 Å². The summed E-state index contributed by atoms with van der Waals surface area (Å²) in [5.74, 6) is -2.87. The number of aromatic nitrogens is 1. The van der Waals surface area contributed by atoms with Crippen LogP contribution in [0.4, 0.5) is 26.3 Å². The second-order valence-electron chi connectivity index (χ2n) is 7.87. The van der Waals surface area contributed by atoms with E-state index in [0.717, 1.165) is 5.56 Å². The molecule has 0 radical (unpaired) electrons. The molecule has 3 rings (SSSR count). The first-order valence-electron chi connectivity index (χ1n) is 10.5. The largest absolute Gasteiger partial charge is 0.490 e. The first kappa shape index (κ1) is 29.6. The van der Waals surface area contributed by atoms with E-state index < -0.39 is 35.0 Å². The van der Waals surface area contributed by atoms with Gasteiger partial charge in [0.2, 0.25) is 5.88 Å². The fraction of sp³-hybridized carbons (Fsp3) is 0.684. The molecule has 2 aliphatic heterocycles. The standard InChI is InChI=1S/C17H25F3N4O2S2.C2HF3O2/c18-17(19,20)15-7-14(12-26-16-8-13(9-21)1-2-22-16)10-24(11-15)27-23-3-5-28(25)6-4-23;3-2(4,5)1(6)7/h1-2,8,14-15H,3-7,9-12,21H2;(H,6,7). The number of ether oxygens (including phenoxy) is 1. The number of hydrogen-bond acceptors (Lipinski definition) is 8. The van der Waals surface area contributed by atoms with Crippen molar-refractivity contribution >= 4 is 28.9 Å². The summed E-state index contributed by atoms with van der Waals surface area (Å²) in [6.45, 7) is 2.25. The van der Waals surface area contributed by atoms with E-state index in [0.29, 0.717) is 43.6 Å². The summed E-state index contributed by atoms with van der Waals surface area (Å²) in [6, 6.07) is 3.49. The average molecular weight is 553 g/mol. The molecule has 35 heavy (non-hydrogen) atoms. The molecular weight excluding hydrogens is 526 g/mol. The quantitative estimate of drug-likeness (QED) is 0.407. The molecule has 16 heteroatoms. The minimum absolute atomic E-state index is 0.0365. The van der Waals surface area contributed by atoms with E-state index in [1.165, 1.54) is 12.1 Å². The third-order valence-corrected chi connectivity index (χ3v) is 7.48. The van der Waals surface area contributed by atoms with Crippen LogP contribution in [0.15, 0.2) is 18.3 Å². The van der Waals surface area contributed by atoms with Gasteiger partial charge in [0.1, 0.15) is 0 Å². The van der Waals surface area contributed by atoms with E-state index >= 15 is 0 Å². The van der Waals surface area contributed by atoms with Gasteiger partial charge in [0.15, 0.2) is 0 Å². The lowest BCUT2D eigenvalue weighted by atomic mass is 9.90. The van der Waals surface area contributed by atoms with E-state index in [2.05, 4.69) is 4.98 Å². The highest BCUT2D eigenvalue weighted by Gasteiger charge is 2.45. The molecule has 0 spiro atoms. The van der Waals surface area contributed by atoms with Gasteiger partial charge in [-0.05, 0) is 18.1 Å². The Morgan fingerprint density at radius 3 is 2.37 bits per heavy atom. The van der Waals surface area contributed by atoms with Gasteiger partial charge in [-0.3, -0.25) is 4.21 Å². The number of alkyl halides is 6. The zero-order valence-electron chi connectivity index (χ0n) is 18.4. The van der Waals surface area contributed by atoms with Crippen LogP contribution in [-0.2, 0) is 22.1 Å². The minimum atomic E-state index is -5.08. The molecule has 3 N–H and O–H groups in total. The number of piperidine rings is 1. The molecule has 0 bridgehead atoms. The normalized spacial score (nSPS) is 22.8. The maximum Gasteiger partial charge on any atom is 0.490 e. The smallest absolute Gasteiger partial charge is 0.477 e. The van der Waals surface area contributed by atoms with Crippen molar-refractivity contribution in [3.05, 3.63) is 23.9 Å². The molecule has 0 amide bonds. The molecule has 2 fully saturated rings. The van der Waals surface area contributed by atoms with Gasteiger partial charge in [-0.2, -0.15) is 26.3 Å². The van der Waals surface area contributed by atoms with E-state index in [4.69, 9.17) is 20.4 Å². The lowest BCUT2D eigenvalue weighted by Crippen LogP contribution is -2.46. The number of carboxylic acid groups (broad SMARTS) is 1. The highest BCUT2D eigenvalue weighted by molar-refractivity contribution is 7.94. The van der Waals surface area contributed by atoms with Crippen molar-refractivity contribution in [3.63, 3.8) is 0 Å². The van der Waals surface area contributed by atoms with Crippen LogP contribution < -0.4 is 10.5 Å². The molecule has 0 aliphatic carbocycles. The Morgan fingerprint density at radius 1 is 1.20 bits per heavy atom. The van der Waals surface area contributed by atoms with Crippen LogP contribution >= 0.6 is 12.1 Å². The molecule has 0 saturated carbocycles. The van der Waals surface area contributed by atoms with Crippen molar-refractivity contribution in [2.24, 2.45) is 17.6 Å². The van der Waals surface area contributed by atoms with Crippen molar-refractivity contribution in [2.75, 3.05) is 44.3 Å². The molecule has 2 unspecified atom stereocenters. The van der Waals surface area contributed by atoms with Crippen molar-refractivity contribution < 1.29 is 45.2 Å². The summed E-state index contributed by atoms with van der Waals surface area (Å²) in [7, 11) is -0.812. The van der Waals surface area contributed by atoms with E-state index in [9.17, 15) is 30.6 Å². The number of carbonyl (C=O) groups is 1.